The zero-order chi connectivity index (χ0) is 15.7. The lowest BCUT2D eigenvalue weighted by Gasteiger charge is -2.23. The summed E-state index contributed by atoms with van der Waals surface area (Å²) in [6, 6.07) is 3.82. The van der Waals surface area contributed by atoms with E-state index in [4.69, 9.17) is 10.5 Å². The summed E-state index contributed by atoms with van der Waals surface area (Å²) >= 11 is 0. The highest BCUT2D eigenvalue weighted by Gasteiger charge is 2.27. The van der Waals surface area contributed by atoms with Crippen molar-refractivity contribution in [3.63, 3.8) is 0 Å². The Labute approximate surface area is 124 Å². The minimum absolute atomic E-state index is 0.00520. The van der Waals surface area contributed by atoms with Crippen LogP contribution in [0.25, 0.3) is 0 Å². The second-order valence-electron chi connectivity index (χ2n) is 4.95. The molecule has 2 rings (SSSR count). The van der Waals surface area contributed by atoms with Crippen LogP contribution >= 0.6 is 0 Å². The summed E-state index contributed by atoms with van der Waals surface area (Å²) < 4.78 is 54.8. The number of ether oxygens (including phenoxy) is 1. The second-order valence-corrected chi connectivity index (χ2v) is 8.97. The molecule has 0 radical (unpaired) electrons. The van der Waals surface area contributed by atoms with E-state index in [9.17, 15) is 16.8 Å². The average molecular weight is 334 g/mol. The molecule has 7 nitrogen and oxygen atoms in total. The van der Waals surface area contributed by atoms with Gasteiger partial charge < -0.3 is 10.5 Å². The van der Waals surface area contributed by atoms with E-state index in [0.29, 0.717) is 5.69 Å². The van der Waals surface area contributed by atoms with Crippen molar-refractivity contribution < 1.29 is 21.6 Å². The molecular weight excluding hydrogens is 316 g/mol. The van der Waals surface area contributed by atoms with Gasteiger partial charge in [-0.25, -0.2) is 21.6 Å². The van der Waals surface area contributed by atoms with Crippen LogP contribution in [-0.2, 0) is 19.9 Å². The number of anilines is 1. The Kier molecular flexibility index (Phi) is 4.45. The van der Waals surface area contributed by atoms with Gasteiger partial charge in [-0.3, -0.25) is 0 Å². The maximum Gasteiger partial charge on any atom is 0.240 e. The standard InChI is InChI=1S/C12H18N2O5S2/c1-19-12-8-10(2-3-11(12)13)21(17,18)14-9-4-6-20(15,16)7-5-9/h2-3,8-9,14H,4-7,13H2,1H3. The first-order valence-corrected chi connectivity index (χ1v) is 9.70. The van der Waals surface area contributed by atoms with Gasteiger partial charge >= 0.3 is 0 Å². The monoisotopic (exact) mass is 334 g/mol. The molecule has 1 fully saturated rings. The number of nitrogens with one attached hydrogen (secondary N) is 1. The van der Waals surface area contributed by atoms with Crippen LogP contribution in [0.5, 0.6) is 5.75 Å². The first-order chi connectivity index (χ1) is 9.73. The number of methoxy groups -OCH3 is 1. The summed E-state index contributed by atoms with van der Waals surface area (Å²) in [6.45, 7) is 0. The summed E-state index contributed by atoms with van der Waals surface area (Å²) in [4.78, 5) is 0.0435. The molecule has 0 aliphatic carbocycles. The van der Waals surface area contributed by atoms with Gasteiger partial charge in [0.1, 0.15) is 15.6 Å². The van der Waals surface area contributed by atoms with Gasteiger partial charge in [-0.2, -0.15) is 0 Å². The molecule has 0 aromatic heterocycles. The molecule has 0 spiro atoms. The predicted molar refractivity (Wildman–Crippen MR) is 79.4 cm³/mol. The normalized spacial score (nSPS) is 19.3. The van der Waals surface area contributed by atoms with E-state index >= 15 is 0 Å². The first-order valence-electron chi connectivity index (χ1n) is 6.40. The van der Waals surface area contributed by atoms with Gasteiger partial charge in [0.25, 0.3) is 0 Å². The molecule has 118 valence electrons. The molecule has 1 aliphatic heterocycles. The first kappa shape index (κ1) is 16.1. The van der Waals surface area contributed by atoms with Crippen molar-refractivity contribution in [1.82, 2.24) is 4.72 Å². The van der Waals surface area contributed by atoms with E-state index in [1.165, 1.54) is 25.3 Å². The van der Waals surface area contributed by atoms with E-state index in [1.807, 2.05) is 0 Å². The smallest absolute Gasteiger partial charge is 0.240 e. The largest absolute Gasteiger partial charge is 0.495 e. The molecule has 1 aromatic carbocycles. The lowest BCUT2D eigenvalue weighted by molar-refractivity contribution is 0.415. The number of rotatable bonds is 4. The van der Waals surface area contributed by atoms with Crippen molar-refractivity contribution in [2.75, 3.05) is 24.3 Å². The number of sulfone groups is 1. The molecule has 0 atom stereocenters. The summed E-state index contributed by atoms with van der Waals surface area (Å²) in [5.74, 6) is 0.292. The van der Waals surface area contributed by atoms with E-state index < -0.39 is 19.9 Å². The minimum atomic E-state index is -3.73. The Bertz CT molecular complexity index is 714. The quantitative estimate of drug-likeness (QED) is 0.756. The van der Waals surface area contributed by atoms with Gasteiger partial charge in [-0.15, -0.1) is 0 Å². The summed E-state index contributed by atoms with van der Waals surface area (Å²) in [6.07, 6.45) is 0.571. The van der Waals surface area contributed by atoms with Crippen molar-refractivity contribution in [2.24, 2.45) is 0 Å². The lowest BCUT2D eigenvalue weighted by Crippen LogP contribution is -2.40. The van der Waals surface area contributed by atoms with Gasteiger partial charge in [0.2, 0.25) is 10.0 Å². The fourth-order valence-electron chi connectivity index (χ4n) is 2.15. The summed E-state index contributed by atoms with van der Waals surface area (Å²) in [5, 5.41) is 0. The Morgan fingerprint density at radius 2 is 1.90 bits per heavy atom. The van der Waals surface area contributed by atoms with E-state index in [0.717, 1.165) is 0 Å². The zero-order valence-electron chi connectivity index (χ0n) is 11.6. The van der Waals surface area contributed by atoms with Crippen LogP contribution in [0.15, 0.2) is 23.1 Å². The molecule has 0 amide bonds. The molecule has 1 aliphatic rings. The van der Waals surface area contributed by atoms with Crippen molar-refractivity contribution in [3.8, 4) is 5.75 Å². The molecule has 0 unspecified atom stereocenters. The fourth-order valence-corrected chi connectivity index (χ4v) is 4.97. The number of nitrogen functional groups attached to an aromatic ring is 1. The molecule has 1 saturated heterocycles. The SMILES string of the molecule is COc1cc(S(=O)(=O)NC2CCS(=O)(=O)CC2)ccc1N. The lowest BCUT2D eigenvalue weighted by atomic mass is 10.2. The Balaban J connectivity index is 2.16. The molecule has 0 bridgehead atoms. The van der Waals surface area contributed by atoms with Crippen molar-refractivity contribution >= 4 is 25.5 Å². The third-order valence-corrected chi connectivity index (χ3v) is 6.63. The van der Waals surface area contributed by atoms with Crippen LogP contribution in [0.1, 0.15) is 12.8 Å². The maximum atomic E-state index is 12.3. The van der Waals surface area contributed by atoms with Gasteiger partial charge in [0.05, 0.1) is 29.2 Å². The van der Waals surface area contributed by atoms with Crippen molar-refractivity contribution in [3.05, 3.63) is 18.2 Å². The van der Waals surface area contributed by atoms with Crippen LogP contribution in [0.3, 0.4) is 0 Å². The number of sulfonamides is 1. The van der Waals surface area contributed by atoms with Gasteiger partial charge in [-0.05, 0) is 25.0 Å². The van der Waals surface area contributed by atoms with Crippen LogP contribution in [0.2, 0.25) is 0 Å². The number of benzene rings is 1. The number of nitrogens with two attached hydrogens (primary N) is 1. The van der Waals surface area contributed by atoms with Crippen LogP contribution in [-0.4, -0.2) is 41.5 Å². The zero-order valence-corrected chi connectivity index (χ0v) is 13.2. The van der Waals surface area contributed by atoms with Gasteiger partial charge in [0, 0.05) is 12.1 Å². The second kappa shape index (κ2) is 5.82. The minimum Gasteiger partial charge on any atom is -0.495 e. The highest BCUT2D eigenvalue weighted by atomic mass is 32.2. The third-order valence-electron chi connectivity index (χ3n) is 3.39. The average Bonchev–Trinajstić information content (AvgIpc) is 2.41. The molecule has 9 heteroatoms. The topological polar surface area (TPSA) is 116 Å². The Hall–Kier alpha value is -1.32. The predicted octanol–water partition coefficient (Wildman–Crippen LogP) is 0.133. The molecule has 0 saturated carbocycles. The van der Waals surface area contributed by atoms with E-state index in [1.54, 1.807) is 0 Å². The van der Waals surface area contributed by atoms with Crippen LogP contribution in [0, 0.1) is 0 Å². The van der Waals surface area contributed by atoms with E-state index in [-0.39, 0.29) is 41.0 Å². The van der Waals surface area contributed by atoms with Gasteiger partial charge in [-0.1, -0.05) is 0 Å². The Morgan fingerprint density at radius 1 is 1.29 bits per heavy atom. The van der Waals surface area contributed by atoms with Crippen molar-refractivity contribution in [2.45, 2.75) is 23.8 Å². The van der Waals surface area contributed by atoms with Crippen LogP contribution in [0.4, 0.5) is 5.69 Å². The molecule has 1 aromatic rings. The Morgan fingerprint density at radius 3 is 2.48 bits per heavy atom. The number of hydrogen-bond acceptors (Lipinski definition) is 6. The highest BCUT2D eigenvalue weighted by molar-refractivity contribution is 7.91. The van der Waals surface area contributed by atoms with E-state index in [2.05, 4.69) is 4.72 Å². The maximum absolute atomic E-state index is 12.3. The molecule has 1 heterocycles. The summed E-state index contributed by atoms with van der Waals surface area (Å²) in [5.41, 5.74) is 6.00. The van der Waals surface area contributed by atoms with Crippen LogP contribution < -0.4 is 15.2 Å². The molecular formula is C12H18N2O5S2. The molecule has 3 N–H and O–H groups in total. The molecule has 21 heavy (non-hydrogen) atoms. The summed E-state index contributed by atoms with van der Waals surface area (Å²) in [7, 11) is -5.35. The fraction of sp³-hybridized carbons (Fsp3) is 0.500. The highest BCUT2D eigenvalue weighted by Crippen LogP contribution is 2.25. The third kappa shape index (κ3) is 3.86. The van der Waals surface area contributed by atoms with Crippen molar-refractivity contribution in [1.29, 1.82) is 0 Å². The number of hydrogen-bond donors (Lipinski definition) is 2. The van der Waals surface area contributed by atoms with Gasteiger partial charge in [0.15, 0.2) is 0 Å².